The number of amides is 12. The first-order chi connectivity index (χ1) is 36.1. The van der Waals surface area contributed by atoms with Crippen molar-refractivity contribution in [2.24, 2.45) is 41.1 Å². The first-order valence-electron chi connectivity index (χ1n) is 25.9. The highest BCUT2D eigenvalue weighted by Crippen LogP contribution is 2.12. The minimum Gasteiger partial charge on any atom is -0.480 e. The number of aliphatic hydroxyl groups excluding tert-OH is 2. The standard InChI is InChI=1S/C49H87N13O16/c1-22(2)13-29(42(70)52-20-38(68)56-33(49(77)78)16-25(7)8)57-45(73)32(17-35(51)65)59-48(76)40(28(12)64)62-46(74)31(15-24(5)6)58-44(72)30(14-23(3)4)55-37(67)19-53-43(71)34(21-63)60-47(75)39(26(9)10)61-41(69)27(11)54-36(66)18-50/h22-34,39-40,63-64H,13-21,50H2,1-12H3,(H2,51,65)(H,52,70)(H,53,71)(H,54,66)(H,55,67)(H,56,68)(H,57,73)(H,58,72)(H,59,76)(H,60,75)(H,61,69)(H,62,74)(H,77,78). The second-order valence-electron chi connectivity index (χ2n) is 21.1. The van der Waals surface area contributed by atoms with Gasteiger partial charge in [-0.15, -0.1) is 0 Å². The first kappa shape index (κ1) is 71.0. The Bertz CT molecular complexity index is 2090. The van der Waals surface area contributed by atoms with E-state index in [4.69, 9.17) is 11.5 Å². The molecule has 0 bridgehead atoms. The third-order valence-electron chi connectivity index (χ3n) is 11.3. The highest BCUT2D eigenvalue weighted by atomic mass is 16.4. The van der Waals surface area contributed by atoms with Gasteiger partial charge in [0.25, 0.3) is 0 Å². The van der Waals surface area contributed by atoms with Gasteiger partial charge in [0.1, 0.15) is 54.4 Å². The van der Waals surface area contributed by atoms with E-state index in [1.807, 2.05) is 0 Å². The Kier molecular flexibility index (Phi) is 32.2. The molecular weight excluding hydrogens is 1030 g/mol. The van der Waals surface area contributed by atoms with Gasteiger partial charge in [0.15, 0.2) is 0 Å². The molecule has 0 saturated carbocycles. The zero-order chi connectivity index (χ0) is 60.3. The topological polar surface area (TPSA) is 467 Å². The van der Waals surface area contributed by atoms with Crippen molar-refractivity contribution in [1.29, 1.82) is 0 Å². The number of carboxylic acids is 1. The number of carbonyl (C=O) groups excluding carboxylic acids is 12. The number of aliphatic hydroxyl groups is 2. The smallest absolute Gasteiger partial charge is 0.326 e. The van der Waals surface area contributed by atoms with Gasteiger partial charge in [-0.25, -0.2) is 4.79 Å². The number of hydrogen-bond acceptors (Lipinski definition) is 16. The van der Waals surface area contributed by atoms with Crippen LogP contribution in [-0.2, 0) is 62.3 Å². The number of aliphatic carboxylic acids is 1. The highest BCUT2D eigenvalue weighted by Gasteiger charge is 2.36. The van der Waals surface area contributed by atoms with Gasteiger partial charge in [0.2, 0.25) is 70.9 Å². The van der Waals surface area contributed by atoms with E-state index in [2.05, 4.69) is 58.5 Å². The van der Waals surface area contributed by atoms with Gasteiger partial charge in [-0.2, -0.15) is 0 Å². The Morgan fingerprint density at radius 1 is 0.410 bits per heavy atom. The van der Waals surface area contributed by atoms with Crippen molar-refractivity contribution in [2.45, 2.75) is 176 Å². The van der Waals surface area contributed by atoms with E-state index in [0.717, 1.165) is 6.92 Å². The van der Waals surface area contributed by atoms with Crippen LogP contribution < -0.4 is 70.0 Å². The van der Waals surface area contributed by atoms with Gasteiger partial charge < -0.3 is 85.3 Å². The van der Waals surface area contributed by atoms with Crippen LogP contribution in [0.15, 0.2) is 0 Å². The molecule has 0 heterocycles. The summed E-state index contributed by atoms with van der Waals surface area (Å²) in [5.41, 5.74) is 10.7. The summed E-state index contributed by atoms with van der Waals surface area (Å²) >= 11 is 0. The van der Waals surface area contributed by atoms with Crippen LogP contribution in [0, 0.1) is 29.6 Å². The average Bonchev–Trinajstić information content (AvgIpc) is 3.32. The van der Waals surface area contributed by atoms with Crippen LogP contribution in [-0.4, -0.2) is 179 Å². The lowest BCUT2D eigenvalue weighted by Gasteiger charge is -2.29. The van der Waals surface area contributed by atoms with Crippen molar-refractivity contribution in [2.75, 3.05) is 26.2 Å². The molecule has 0 aliphatic carbocycles. The normalized spacial score (nSPS) is 15.1. The van der Waals surface area contributed by atoms with Crippen LogP contribution in [0.2, 0.25) is 0 Å². The molecule has 0 aromatic heterocycles. The van der Waals surface area contributed by atoms with Crippen molar-refractivity contribution in [3.05, 3.63) is 0 Å². The van der Waals surface area contributed by atoms with Crippen LogP contribution in [0.3, 0.4) is 0 Å². The Labute approximate surface area is 454 Å². The van der Waals surface area contributed by atoms with Gasteiger partial charge in [-0.05, 0) is 69.1 Å². The second kappa shape index (κ2) is 35.4. The second-order valence-corrected chi connectivity index (χ2v) is 21.1. The Balaban J connectivity index is 6.19. The fourth-order valence-electron chi connectivity index (χ4n) is 7.38. The maximum Gasteiger partial charge on any atom is 0.326 e. The number of nitrogens with one attached hydrogen (secondary N) is 11. The molecule has 78 heavy (non-hydrogen) atoms. The van der Waals surface area contributed by atoms with Crippen LogP contribution in [0.25, 0.3) is 0 Å². The lowest BCUT2D eigenvalue weighted by molar-refractivity contribution is -0.142. The zero-order valence-electron chi connectivity index (χ0n) is 46.8. The van der Waals surface area contributed by atoms with Crippen molar-refractivity contribution in [1.82, 2.24) is 58.5 Å². The quantitative estimate of drug-likeness (QED) is 0.0279. The summed E-state index contributed by atoms with van der Waals surface area (Å²) in [6.45, 7) is 16.8. The zero-order valence-corrected chi connectivity index (χ0v) is 46.8. The van der Waals surface area contributed by atoms with E-state index in [1.165, 1.54) is 6.92 Å². The van der Waals surface area contributed by atoms with E-state index in [1.54, 1.807) is 69.2 Å². The Hall–Kier alpha value is -7.01. The molecule has 0 aromatic rings. The number of carboxylic acid groups (broad SMARTS) is 1. The maximum atomic E-state index is 13.9. The van der Waals surface area contributed by atoms with Crippen molar-refractivity contribution in [3.63, 3.8) is 0 Å². The van der Waals surface area contributed by atoms with Crippen molar-refractivity contribution < 1.29 is 77.6 Å². The van der Waals surface area contributed by atoms with Crippen molar-refractivity contribution >= 4 is 76.9 Å². The molecule has 0 aliphatic rings. The van der Waals surface area contributed by atoms with E-state index >= 15 is 0 Å². The van der Waals surface area contributed by atoms with E-state index in [9.17, 15) is 77.6 Å². The minimum atomic E-state index is -1.83. The predicted octanol–water partition coefficient (Wildman–Crippen LogP) is -5.27. The third-order valence-corrected chi connectivity index (χ3v) is 11.3. The van der Waals surface area contributed by atoms with Gasteiger partial charge in [0, 0.05) is 0 Å². The number of carbonyl (C=O) groups is 13. The molecule has 29 nitrogen and oxygen atoms in total. The summed E-state index contributed by atoms with van der Waals surface area (Å²) in [6, 6.07) is -12.8. The predicted molar refractivity (Wildman–Crippen MR) is 281 cm³/mol. The minimum absolute atomic E-state index is 0.00754. The molecule has 0 spiro atoms. The fraction of sp³-hybridized carbons (Fsp3) is 0.735. The van der Waals surface area contributed by atoms with Crippen LogP contribution in [0.1, 0.15) is 115 Å². The summed E-state index contributed by atoms with van der Waals surface area (Å²) in [4.78, 5) is 169. The van der Waals surface area contributed by atoms with E-state index < -0.39 is 169 Å². The molecule has 10 atom stereocenters. The largest absolute Gasteiger partial charge is 0.480 e. The van der Waals surface area contributed by atoms with Gasteiger partial charge >= 0.3 is 5.97 Å². The summed E-state index contributed by atoms with van der Waals surface area (Å²) in [5, 5.41) is 56.4. The molecule has 0 aromatic carbocycles. The molecular formula is C49H87N13O16. The van der Waals surface area contributed by atoms with Crippen molar-refractivity contribution in [3.8, 4) is 0 Å². The molecule has 0 aliphatic heterocycles. The number of hydrogen-bond donors (Lipinski definition) is 16. The molecule has 12 amide bonds. The summed E-state index contributed by atoms with van der Waals surface area (Å²) in [5.74, 6) is -13.7. The first-order valence-corrected chi connectivity index (χ1v) is 25.9. The van der Waals surface area contributed by atoms with E-state index in [0.29, 0.717) is 0 Å². The lowest BCUT2D eigenvalue weighted by Crippen LogP contribution is -2.62. The number of rotatable bonds is 36. The van der Waals surface area contributed by atoms with Crippen LogP contribution in [0.4, 0.5) is 0 Å². The average molecular weight is 1110 g/mol. The van der Waals surface area contributed by atoms with Gasteiger partial charge in [-0.3, -0.25) is 57.5 Å². The Morgan fingerprint density at radius 3 is 1.18 bits per heavy atom. The molecule has 10 unspecified atom stereocenters. The van der Waals surface area contributed by atoms with Crippen LogP contribution >= 0.6 is 0 Å². The summed E-state index contributed by atoms with van der Waals surface area (Å²) < 4.78 is 0. The number of nitrogens with two attached hydrogens (primary N) is 2. The molecule has 0 radical (unpaired) electrons. The summed E-state index contributed by atoms with van der Waals surface area (Å²) in [7, 11) is 0. The maximum absolute atomic E-state index is 13.9. The monoisotopic (exact) mass is 1110 g/mol. The molecule has 29 heteroatoms. The lowest BCUT2D eigenvalue weighted by atomic mass is 9.99. The fourth-order valence-corrected chi connectivity index (χ4v) is 7.38. The molecule has 0 rings (SSSR count). The van der Waals surface area contributed by atoms with Gasteiger partial charge in [0.05, 0.1) is 38.8 Å². The molecule has 0 fully saturated rings. The molecule has 18 N–H and O–H groups in total. The van der Waals surface area contributed by atoms with E-state index in [-0.39, 0.29) is 55.9 Å². The highest BCUT2D eigenvalue weighted by molar-refractivity contribution is 5.99. The molecule has 0 saturated heterocycles. The number of primary amides is 1. The van der Waals surface area contributed by atoms with Crippen LogP contribution in [0.5, 0.6) is 0 Å². The Morgan fingerprint density at radius 2 is 0.769 bits per heavy atom. The summed E-state index contributed by atoms with van der Waals surface area (Å²) in [6.07, 6.45) is -2.41. The SMILES string of the molecule is CC(C)CC(NC(=O)CNC(=O)C(CC(C)C)NC(=O)C(CC(N)=O)NC(=O)C(NC(=O)C(CC(C)C)NC(=O)C(CC(C)C)NC(=O)CNC(=O)C(CO)NC(=O)C(NC(=O)C(C)NC(=O)CN)C(C)C)C(C)O)C(=O)O. The van der Waals surface area contributed by atoms with Gasteiger partial charge in [-0.1, -0.05) is 69.2 Å². The third kappa shape index (κ3) is 27.9. The molecule has 444 valence electrons.